The van der Waals surface area contributed by atoms with Crippen LogP contribution in [0.2, 0.25) is 5.02 Å². The number of aliphatic hydroxyl groups is 1. The lowest BCUT2D eigenvalue weighted by molar-refractivity contribution is -0.262. The fourth-order valence-electron chi connectivity index (χ4n) is 5.05. The van der Waals surface area contributed by atoms with Crippen molar-refractivity contribution in [3.63, 3.8) is 0 Å². The second-order valence-electron chi connectivity index (χ2n) is 10.3. The number of amides is 2. The lowest BCUT2D eigenvalue weighted by Crippen LogP contribution is -2.58. The van der Waals surface area contributed by atoms with Gasteiger partial charge >= 0.3 is 6.18 Å². The number of hydrogen-bond donors (Lipinski definition) is 1. The number of likely N-dealkylation sites (tertiary alicyclic amines) is 2. The van der Waals surface area contributed by atoms with Crippen molar-refractivity contribution in [1.82, 2.24) is 9.80 Å². The molecule has 0 aromatic heterocycles. The molecule has 0 radical (unpaired) electrons. The number of unbranched alkanes of at least 4 members (excludes halogenated alkanes) is 1. The lowest BCUT2D eigenvalue weighted by atomic mass is 9.88. The molecule has 2 aromatic rings. The van der Waals surface area contributed by atoms with Gasteiger partial charge in [0.1, 0.15) is 5.75 Å². The Kier molecular flexibility index (Phi) is 8.94. The Morgan fingerprint density at radius 1 is 1.00 bits per heavy atom. The van der Waals surface area contributed by atoms with Crippen LogP contribution in [0.1, 0.15) is 48.0 Å². The third-order valence-electron chi connectivity index (χ3n) is 7.39. The van der Waals surface area contributed by atoms with Crippen molar-refractivity contribution in [3.05, 3.63) is 64.7 Å². The maximum absolute atomic E-state index is 13.8. The van der Waals surface area contributed by atoms with Crippen LogP contribution in [-0.4, -0.2) is 71.6 Å². The molecule has 2 saturated heterocycles. The summed E-state index contributed by atoms with van der Waals surface area (Å²) in [5.41, 5.74) is -3.96. The molecule has 0 spiro atoms. The standard InChI is InChI=1S/C28H30ClF5N2O4/c29-23-16-21(9-10-22(23)24(37)36-17-26(30,31)18-36)40-15-5-4-6-19-11-13-35(14-12-19)25(38)27(39,28(32,33)34)20-7-2-1-3-8-20/h1-3,7-10,16,19,39H,4-6,11-15,17-18H2/t27-/m1/s1. The number of hydrogen-bond acceptors (Lipinski definition) is 4. The van der Waals surface area contributed by atoms with E-state index in [1.165, 1.54) is 30.3 Å². The maximum atomic E-state index is 13.8. The van der Waals surface area contributed by atoms with Gasteiger partial charge in [-0.2, -0.15) is 13.2 Å². The molecule has 12 heteroatoms. The van der Waals surface area contributed by atoms with Crippen molar-refractivity contribution in [2.24, 2.45) is 5.92 Å². The van der Waals surface area contributed by atoms with Gasteiger partial charge in [-0.25, -0.2) is 8.78 Å². The molecule has 218 valence electrons. The highest BCUT2D eigenvalue weighted by molar-refractivity contribution is 6.34. The summed E-state index contributed by atoms with van der Waals surface area (Å²) < 4.78 is 73.2. The predicted octanol–water partition coefficient (Wildman–Crippen LogP) is 5.67. The number of alkyl halides is 5. The van der Waals surface area contributed by atoms with E-state index < -0.39 is 48.2 Å². The predicted molar refractivity (Wildman–Crippen MR) is 137 cm³/mol. The largest absolute Gasteiger partial charge is 0.494 e. The number of benzene rings is 2. The molecule has 0 bridgehead atoms. The van der Waals surface area contributed by atoms with Gasteiger partial charge in [0.15, 0.2) is 0 Å². The van der Waals surface area contributed by atoms with Crippen LogP contribution >= 0.6 is 11.6 Å². The molecule has 2 heterocycles. The molecule has 6 nitrogen and oxygen atoms in total. The smallest absolute Gasteiger partial charge is 0.430 e. The summed E-state index contributed by atoms with van der Waals surface area (Å²) in [4.78, 5) is 27.3. The molecule has 0 saturated carbocycles. The first-order valence-corrected chi connectivity index (χ1v) is 13.4. The second-order valence-corrected chi connectivity index (χ2v) is 10.7. The van der Waals surface area contributed by atoms with Crippen molar-refractivity contribution in [2.75, 3.05) is 32.8 Å². The SMILES string of the molecule is O=C(c1ccc(OCCCCC2CCN(C(=O)[C@](O)(c3ccccc3)C(F)(F)F)CC2)cc1Cl)N1CC(F)(F)C1. The Morgan fingerprint density at radius 2 is 1.65 bits per heavy atom. The highest BCUT2D eigenvalue weighted by atomic mass is 35.5. The van der Waals surface area contributed by atoms with Gasteiger partial charge in [0.05, 0.1) is 30.3 Å². The Balaban J connectivity index is 1.19. The second kappa shape index (κ2) is 11.9. The first kappa shape index (κ1) is 30.0. The zero-order valence-corrected chi connectivity index (χ0v) is 22.4. The van der Waals surface area contributed by atoms with Crippen molar-refractivity contribution in [3.8, 4) is 5.75 Å². The molecular weight excluding hydrogens is 559 g/mol. The van der Waals surface area contributed by atoms with Gasteiger partial charge in [-0.3, -0.25) is 9.59 Å². The van der Waals surface area contributed by atoms with Crippen LogP contribution in [0.15, 0.2) is 48.5 Å². The van der Waals surface area contributed by atoms with Crippen LogP contribution in [-0.2, 0) is 10.4 Å². The van der Waals surface area contributed by atoms with E-state index in [0.717, 1.165) is 34.8 Å². The molecule has 1 atom stereocenters. The highest BCUT2D eigenvalue weighted by Gasteiger charge is 2.62. The summed E-state index contributed by atoms with van der Waals surface area (Å²) in [6.45, 7) is -0.624. The van der Waals surface area contributed by atoms with E-state index in [1.807, 2.05) is 0 Å². The summed E-state index contributed by atoms with van der Waals surface area (Å²) in [6.07, 6.45) is -1.80. The van der Waals surface area contributed by atoms with E-state index in [-0.39, 0.29) is 29.6 Å². The molecular formula is C28H30ClF5N2O4. The van der Waals surface area contributed by atoms with E-state index in [4.69, 9.17) is 16.3 Å². The zero-order valence-electron chi connectivity index (χ0n) is 21.6. The van der Waals surface area contributed by atoms with Gasteiger partial charge < -0.3 is 19.6 Å². The zero-order chi connectivity index (χ0) is 29.1. The Morgan fingerprint density at radius 3 is 2.23 bits per heavy atom. The third kappa shape index (κ3) is 6.52. The molecule has 2 aliphatic rings. The Hall–Kier alpha value is -2.92. The van der Waals surface area contributed by atoms with Crippen LogP contribution in [0.3, 0.4) is 0 Å². The Bertz CT molecular complexity index is 1200. The quantitative estimate of drug-likeness (QED) is 0.303. The lowest BCUT2D eigenvalue weighted by Gasteiger charge is -2.38. The minimum Gasteiger partial charge on any atom is -0.494 e. The van der Waals surface area contributed by atoms with E-state index >= 15 is 0 Å². The number of carbonyl (C=O) groups excluding carboxylic acids is 2. The summed E-state index contributed by atoms with van der Waals surface area (Å²) in [5, 5.41) is 10.6. The van der Waals surface area contributed by atoms with Gasteiger partial charge in [0, 0.05) is 18.7 Å². The summed E-state index contributed by atoms with van der Waals surface area (Å²) in [5.74, 6) is -4.10. The minimum absolute atomic E-state index is 0.115. The van der Waals surface area contributed by atoms with Crippen LogP contribution in [0.4, 0.5) is 22.0 Å². The van der Waals surface area contributed by atoms with E-state index in [2.05, 4.69) is 0 Å². The monoisotopic (exact) mass is 588 g/mol. The molecule has 2 aromatic carbocycles. The van der Waals surface area contributed by atoms with Crippen molar-refractivity contribution >= 4 is 23.4 Å². The first-order chi connectivity index (χ1) is 18.8. The maximum Gasteiger partial charge on any atom is 0.430 e. The molecule has 40 heavy (non-hydrogen) atoms. The van der Waals surface area contributed by atoms with Crippen molar-refractivity contribution < 1.29 is 41.4 Å². The third-order valence-corrected chi connectivity index (χ3v) is 7.70. The molecule has 2 aliphatic heterocycles. The molecule has 0 aliphatic carbocycles. The van der Waals surface area contributed by atoms with Gasteiger partial charge in [-0.15, -0.1) is 0 Å². The van der Waals surface area contributed by atoms with Crippen LogP contribution in [0.25, 0.3) is 0 Å². The molecule has 2 fully saturated rings. The van der Waals surface area contributed by atoms with Gasteiger partial charge in [-0.1, -0.05) is 48.4 Å². The average Bonchev–Trinajstić information content (AvgIpc) is 2.90. The number of carbonyl (C=O) groups is 2. The fourth-order valence-corrected chi connectivity index (χ4v) is 5.30. The molecule has 0 unspecified atom stereocenters. The van der Waals surface area contributed by atoms with E-state index in [9.17, 15) is 36.6 Å². The molecule has 4 rings (SSSR count). The average molecular weight is 589 g/mol. The van der Waals surface area contributed by atoms with Crippen molar-refractivity contribution in [2.45, 2.75) is 49.8 Å². The molecule has 2 amide bonds. The number of nitrogens with zero attached hydrogens (tertiary/aromatic N) is 2. The number of halogens is 6. The topological polar surface area (TPSA) is 70.1 Å². The first-order valence-electron chi connectivity index (χ1n) is 13.1. The summed E-state index contributed by atoms with van der Waals surface area (Å²) in [6, 6.07) is 10.9. The van der Waals surface area contributed by atoms with Crippen LogP contribution in [0.5, 0.6) is 5.75 Å². The van der Waals surface area contributed by atoms with Crippen LogP contribution in [0, 0.1) is 5.92 Å². The Labute approximate surface area is 233 Å². The minimum atomic E-state index is -5.16. The van der Waals surface area contributed by atoms with E-state index in [1.54, 1.807) is 6.07 Å². The normalized spacial score (nSPS) is 19.1. The number of piperidine rings is 1. The summed E-state index contributed by atoms with van der Waals surface area (Å²) >= 11 is 6.16. The molecule has 1 N–H and O–H groups in total. The van der Waals surface area contributed by atoms with E-state index in [0.29, 0.717) is 31.6 Å². The fraction of sp³-hybridized carbons (Fsp3) is 0.500. The van der Waals surface area contributed by atoms with Gasteiger partial charge in [0.2, 0.25) is 0 Å². The number of rotatable bonds is 9. The van der Waals surface area contributed by atoms with Crippen LogP contribution < -0.4 is 4.74 Å². The number of ether oxygens (including phenoxy) is 1. The van der Waals surface area contributed by atoms with Gasteiger partial charge in [0.25, 0.3) is 23.3 Å². The highest BCUT2D eigenvalue weighted by Crippen LogP contribution is 2.41. The summed E-state index contributed by atoms with van der Waals surface area (Å²) in [7, 11) is 0. The van der Waals surface area contributed by atoms with Gasteiger partial charge in [-0.05, 0) is 49.8 Å². The van der Waals surface area contributed by atoms with Crippen molar-refractivity contribution in [1.29, 1.82) is 0 Å².